The number of hydrogen-bond donors (Lipinski definition) is 5. The van der Waals surface area contributed by atoms with E-state index in [1.54, 1.807) is 4.90 Å². The molecule has 0 aromatic rings. The minimum Gasteiger partial charge on any atom is -0.469 e. The van der Waals surface area contributed by atoms with E-state index in [2.05, 4.69) is 26.6 Å². The van der Waals surface area contributed by atoms with E-state index in [0.717, 1.165) is 0 Å². The molecule has 0 aromatic heterocycles. The minimum absolute atomic E-state index is 0.0354. The molecule has 782 valence electrons. The monoisotopic (exact) mass is 1930 g/mol. The average Bonchev–Trinajstić information content (AvgIpc) is 0.852. The molecule has 36 nitrogen and oxygen atoms in total. The standard InChI is InChI=1S/C100H176N10O26/c1-74(2)70-79(97(125)101-60-35-17-27-51-88(116)129-9)107(66-40-22-31-55-92(120)133-13)83(111)47-26-21-39-65-106(84(112)49-45-50-86(114)109(68-42-24-33-57-94(122)135-15)81(72-76(5)6)99(127)103-62-37-19-29-53-90(118)131-11)78(46-44-48-85(113)108(67-41-23-32-56-93(121)134-14)80(71-75(3)4)98(126)102-61-36-18-28-52-89(117)130-10)96(124)105-64-59-87(115)110(69-43-25-34-58-95(123)136-16)82(73-77(7)8)100(128)104-63-38-20-30-54-91(119)132-12/h74-82H,17-73H2,1-16H3,(H,101,125)(H,102,126)(H,103,127)(H,104,128)(H,105,124). The molecule has 36 heteroatoms. The van der Waals surface area contributed by atoms with Crippen LogP contribution in [0.25, 0.3) is 0 Å². The van der Waals surface area contributed by atoms with Crippen LogP contribution in [0, 0.1) is 23.7 Å². The molecule has 0 bridgehead atoms. The summed E-state index contributed by atoms with van der Waals surface area (Å²) in [6.45, 7) is 16.6. The first-order valence-electron chi connectivity index (χ1n) is 50.4. The zero-order valence-electron chi connectivity index (χ0n) is 85.9. The zero-order valence-corrected chi connectivity index (χ0v) is 85.9. The number of amides is 10. The van der Waals surface area contributed by atoms with Gasteiger partial charge in [-0.05, 0) is 184 Å². The van der Waals surface area contributed by atoms with Gasteiger partial charge in [0.2, 0.25) is 59.1 Å². The van der Waals surface area contributed by atoms with E-state index in [-0.39, 0.29) is 265 Å². The maximum absolute atomic E-state index is 15.9. The summed E-state index contributed by atoms with van der Waals surface area (Å²) in [7, 11) is 10.5. The number of ether oxygens (including phenoxy) is 8. The van der Waals surface area contributed by atoms with E-state index >= 15 is 24.0 Å². The molecule has 0 aliphatic rings. The maximum atomic E-state index is 15.9. The highest BCUT2D eigenvalue weighted by molar-refractivity contribution is 5.92. The Balaban J connectivity index is 8.83. The van der Waals surface area contributed by atoms with Crippen LogP contribution < -0.4 is 26.6 Å². The summed E-state index contributed by atoms with van der Waals surface area (Å²) in [5, 5.41) is 15.0. The van der Waals surface area contributed by atoms with E-state index in [1.165, 1.54) is 76.5 Å². The normalized spacial score (nSPS) is 12.2. The molecule has 0 heterocycles. The van der Waals surface area contributed by atoms with Crippen LogP contribution in [0.2, 0.25) is 0 Å². The van der Waals surface area contributed by atoms with Crippen molar-refractivity contribution in [2.75, 3.05) is 122 Å². The molecule has 0 aliphatic carbocycles. The summed E-state index contributed by atoms with van der Waals surface area (Å²) in [6.07, 6.45) is 13.9. The van der Waals surface area contributed by atoms with Crippen LogP contribution in [-0.4, -0.2) is 284 Å². The van der Waals surface area contributed by atoms with Gasteiger partial charge in [0, 0.05) is 149 Å². The Kier molecular flexibility index (Phi) is 73.8. The van der Waals surface area contributed by atoms with E-state index in [1.807, 2.05) is 55.4 Å². The number of unbranched alkanes of at least 4 members (excludes halogenated alkanes) is 18. The lowest BCUT2D eigenvalue weighted by Crippen LogP contribution is -2.52. The number of nitrogens with zero attached hydrogens (tertiary/aromatic N) is 5. The predicted octanol–water partition coefficient (Wildman–Crippen LogP) is 11.9. The average molecular weight is 1930 g/mol. The molecule has 10 amide bonds. The van der Waals surface area contributed by atoms with Gasteiger partial charge in [-0.2, -0.15) is 0 Å². The van der Waals surface area contributed by atoms with Crippen molar-refractivity contribution in [2.24, 2.45) is 23.7 Å². The molecule has 0 saturated heterocycles. The molecular weight excluding hydrogens is 1760 g/mol. The molecule has 0 saturated carbocycles. The summed E-state index contributed by atoms with van der Waals surface area (Å²) in [4.78, 5) is 254. The zero-order chi connectivity index (χ0) is 102. The third-order valence-corrected chi connectivity index (χ3v) is 23.7. The minimum atomic E-state index is -1.40. The third-order valence-electron chi connectivity index (χ3n) is 23.7. The highest BCUT2D eigenvalue weighted by Crippen LogP contribution is 2.26. The van der Waals surface area contributed by atoms with Crippen molar-refractivity contribution in [3.8, 4) is 0 Å². The first-order valence-corrected chi connectivity index (χ1v) is 50.4. The Hall–Kier alpha value is -9.54. The van der Waals surface area contributed by atoms with E-state index in [9.17, 15) is 62.3 Å². The summed E-state index contributed by atoms with van der Waals surface area (Å²) in [5.41, 5.74) is 0. The predicted molar refractivity (Wildman–Crippen MR) is 515 cm³/mol. The second kappa shape index (κ2) is 79.4. The molecule has 0 rings (SSSR count). The van der Waals surface area contributed by atoms with E-state index in [0.29, 0.717) is 167 Å². The summed E-state index contributed by atoms with van der Waals surface area (Å²) in [5.74, 6) is -7.82. The van der Waals surface area contributed by atoms with Gasteiger partial charge in [0.1, 0.15) is 30.2 Å². The Morgan fingerprint density at radius 1 is 0.184 bits per heavy atom. The summed E-state index contributed by atoms with van der Waals surface area (Å²) in [6, 6.07) is -5.17. The van der Waals surface area contributed by atoms with Gasteiger partial charge >= 0.3 is 47.8 Å². The number of carbonyl (C=O) groups is 18. The fourth-order valence-corrected chi connectivity index (χ4v) is 16.0. The molecule has 136 heavy (non-hydrogen) atoms. The van der Waals surface area contributed by atoms with Crippen LogP contribution in [0.4, 0.5) is 0 Å². The molecule has 0 spiro atoms. The summed E-state index contributed by atoms with van der Waals surface area (Å²) < 4.78 is 38.8. The van der Waals surface area contributed by atoms with Crippen molar-refractivity contribution in [3.05, 3.63) is 0 Å². The van der Waals surface area contributed by atoms with Crippen molar-refractivity contribution in [2.45, 2.75) is 387 Å². The topological polar surface area (TPSA) is 457 Å². The Bertz CT molecular complexity index is 3490. The fraction of sp³-hybridized carbons (Fsp3) is 0.820. The van der Waals surface area contributed by atoms with Crippen LogP contribution in [0.5, 0.6) is 0 Å². The van der Waals surface area contributed by atoms with Crippen LogP contribution in [0.15, 0.2) is 0 Å². The molecule has 5 N–H and O–H groups in total. The molecule has 0 radical (unpaired) electrons. The van der Waals surface area contributed by atoms with Gasteiger partial charge in [-0.15, -0.1) is 0 Å². The molecular formula is C100H176N10O26. The lowest BCUT2D eigenvalue weighted by atomic mass is 9.99. The van der Waals surface area contributed by atoms with E-state index < -0.39 is 95.4 Å². The smallest absolute Gasteiger partial charge is 0.305 e. The van der Waals surface area contributed by atoms with E-state index in [4.69, 9.17) is 37.9 Å². The lowest BCUT2D eigenvalue weighted by molar-refractivity contribution is -0.143. The molecule has 0 aliphatic heterocycles. The second-order valence-corrected chi connectivity index (χ2v) is 36.9. The second-order valence-electron chi connectivity index (χ2n) is 36.9. The number of nitrogens with one attached hydrogen (secondary N) is 5. The van der Waals surface area contributed by atoms with Gasteiger partial charge in [-0.1, -0.05) is 113 Å². The molecule has 5 unspecified atom stereocenters. The van der Waals surface area contributed by atoms with Crippen molar-refractivity contribution >= 4 is 107 Å². The van der Waals surface area contributed by atoms with Gasteiger partial charge in [0.15, 0.2) is 0 Å². The van der Waals surface area contributed by atoms with Gasteiger partial charge in [-0.25, -0.2) is 0 Å². The number of rotatable bonds is 83. The number of esters is 8. The Morgan fingerprint density at radius 2 is 0.353 bits per heavy atom. The summed E-state index contributed by atoms with van der Waals surface area (Å²) >= 11 is 0. The Morgan fingerprint density at radius 3 is 0.566 bits per heavy atom. The fourth-order valence-electron chi connectivity index (χ4n) is 16.0. The van der Waals surface area contributed by atoms with Gasteiger partial charge < -0.3 is 89.0 Å². The van der Waals surface area contributed by atoms with Crippen LogP contribution >= 0.6 is 0 Å². The molecule has 0 fully saturated rings. The number of carbonyl (C=O) groups excluding carboxylic acids is 18. The van der Waals surface area contributed by atoms with Crippen LogP contribution in [0.1, 0.15) is 357 Å². The van der Waals surface area contributed by atoms with Gasteiger partial charge in [0.25, 0.3) is 0 Å². The first kappa shape index (κ1) is 126. The molecule has 5 atom stereocenters. The lowest BCUT2D eigenvalue weighted by Gasteiger charge is -2.34. The number of methoxy groups -OCH3 is 8. The molecule has 0 aromatic carbocycles. The van der Waals surface area contributed by atoms with Crippen LogP contribution in [-0.2, 0) is 124 Å². The highest BCUT2D eigenvalue weighted by Gasteiger charge is 2.37. The van der Waals surface area contributed by atoms with Crippen LogP contribution in [0.3, 0.4) is 0 Å². The maximum Gasteiger partial charge on any atom is 0.305 e. The van der Waals surface area contributed by atoms with Crippen molar-refractivity contribution in [1.29, 1.82) is 0 Å². The SMILES string of the molecule is COC(=O)CCCCCNC(=O)C(CC(C)C)N(CCCCCC(=O)OC)C(=O)CCCCCN(C(=O)CCCC(=O)N(CCCCCC(=O)OC)C(CC(C)C)C(=O)NCCCCCC(=O)OC)C(CCCC(=O)N(CCCCCC(=O)OC)C(CC(C)C)C(=O)NCCCCCC(=O)OC)C(=O)NCCC(=O)N(CCCCCC(=O)OC)C(CC(C)C)C(=O)NCCCCCC(=O)OC. The Labute approximate surface area is 811 Å². The largest absolute Gasteiger partial charge is 0.469 e. The van der Waals surface area contributed by atoms with Gasteiger partial charge in [0.05, 0.1) is 56.9 Å². The van der Waals surface area contributed by atoms with Crippen molar-refractivity contribution in [3.63, 3.8) is 0 Å². The van der Waals surface area contributed by atoms with Crippen molar-refractivity contribution in [1.82, 2.24) is 51.1 Å². The number of hydrogen-bond acceptors (Lipinski definition) is 26. The quantitative estimate of drug-likeness (QED) is 0.0214. The van der Waals surface area contributed by atoms with Crippen molar-refractivity contribution < 1.29 is 124 Å². The third kappa shape index (κ3) is 60.9. The van der Waals surface area contributed by atoms with Gasteiger partial charge in [-0.3, -0.25) is 86.3 Å². The first-order chi connectivity index (χ1) is 65.0. The highest BCUT2D eigenvalue weighted by atomic mass is 16.5.